The van der Waals surface area contributed by atoms with Gasteiger partial charge in [0.05, 0.1) is 11.8 Å². The van der Waals surface area contributed by atoms with Gasteiger partial charge in [0, 0.05) is 11.3 Å². The van der Waals surface area contributed by atoms with Crippen LogP contribution in [-0.4, -0.2) is 45.2 Å². The van der Waals surface area contributed by atoms with E-state index < -0.39 is 12.0 Å². The Hall–Kier alpha value is -1.57. The average Bonchev–Trinajstić information content (AvgIpc) is 2.73. The first kappa shape index (κ1) is 18.5. The van der Waals surface area contributed by atoms with E-state index in [-0.39, 0.29) is 21.5 Å². The molecule has 0 aromatic heterocycles. The molecule has 1 heterocycles. The van der Waals surface area contributed by atoms with Crippen molar-refractivity contribution in [1.29, 1.82) is 0 Å². The SMILES string of the molecule is CC1(C)S[C@H](CNC(=O)Cc2ccccc2)N[C@H]1C(=O)O.O. The van der Waals surface area contributed by atoms with Gasteiger partial charge in [-0.3, -0.25) is 14.9 Å². The number of rotatable bonds is 5. The maximum atomic E-state index is 11.9. The minimum Gasteiger partial charge on any atom is -0.480 e. The number of hydrogen-bond donors (Lipinski definition) is 3. The van der Waals surface area contributed by atoms with Crippen LogP contribution in [0.15, 0.2) is 30.3 Å². The van der Waals surface area contributed by atoms with E-state index in [9.17, 15) is 14.7 Å². The highest BCUT2D eigenvalue weighted by Crippen LogP contribution is 2.37. The van der Waals surface area contributed by atoms with E-state index in [1.807, 2.05) is 44.2 Å². The summed E-state index contributed by atoms with van der Waals surface area (Å²) in [4.78, 5) is 23.1. The van der Waals surface area contributed by atoms with Gasteiger partial charge in [-0.05, 0) is 19.4 Å². The molecule has 1 aromatic rings. The molecule has 0 spiro atoms. The molecule has 0 unspecified atom stereocenters. The van der Waals surface area contributed by atoms with Gasteiger partial charge in [-0.15, -0.1) is 11.8 Å². The molecule has 1 aliphatic rings. The molecule has 6 nitrogen and oxygen atoms in total. The van der Waals surface area contributed by atoms with Crippen LogP contribution in [0.25, 0.3) is 0 Å². The molecule has 0 bridgehead atoms. The molecule has 0 saturated carbocycles. The molecule has 0 radical (unpaired) electrons. The lowest BCUT2D eigenvalue weighted by Gasteiger charge is -2.20. The lowest BCUT2D eigenvalue weighted by molar-refractivity contribution is -0.139. The largest absolute Gasteiger partial charge is 0.480 e. The predicted octanol–water partition coefficient (Wildman–Crippen LogP) is 0.415. The normalized spacial score (nSPS) is 22.6. The van der Waals surface area contributed by atoms with Gasteiger partial charge >= 0.3 is 5.97 Å². The zero-order valence-corrected chi connectivity index (χ0v) is 13.4. The number of carbonyl (C=O) groups excluding carboxylic acids is 1. The predicted molar refractivity (Wildman–Crippen MR) is 86.8 cm³/mol. The van der Waals surface area contributed by atoms with Gasteiger partial charge in [0.25, 0.3) is 0 Å². The molecular weight excluding hydrogens is 304 g/mol. The van der Waals surface area contributed by atoms with Crippen molar-refractivity contribution >= 4 is 23.6 Å². The maximum Gasteiger partial charge on any atom is 0.322 e. The van der Waals surface area contributed by atoms with Gasteiger partial charge in [-0.2, -0.15) is 0 Å². The number of nitrogens with one attached hydrogen (secondary N) is 2. The van der Waals surface area contributed by atoms with Crippen molar-refractivity contribution in [3.05, 3.63) is 35.9 Å². The van der Waals surface area contributed by atoms with Crippen LogP contribution >= 0.6 is 11.8 Å². The molecule has 2 atom stereocenters. The van der Waals surface area contributed by atoms with Gasteiger partial charge in [0.2, 0.25) is 5.91 Å². The van der Waals surface area contributed by atoms with Gasteiger partial charge in [0.1, 0.15) is 6.04 Å². The van der Waals surface area contributed by atoms with Crippen LogP contribution in [0.4, 0.5) is 0 Å². The minimum atomic E-state index is -0.856. The fraction of sp³-hybridized carbons (Fsp3) is 0.467. The highest BCUT2D eigenvalue weighted by Gasteiger charge is 2.44. The number of aliphatic carboxylic acids is 1. The number of carbonyl (C=O) groups is 2. The molecule has 1 amide bonds. The van der Waals surface area contributed by atoms with E-state index in [2.05, 4.69) is 10.6 Å². The van der Waals surface area contributed by atoms with Crippen LogP contribution in [0.5, 0.6) is 0 Å². The Balaban J connectivity index is 0.00000242. The van der Waals surface area contributed by atoms with Crippen LogP contribution in [0.1, 0.15) is 19.4 Å². The Bertz CT molecular complexity index is 522. The monoisotopic (exact) mass is 326 g/mol. The molecule has 1 saturated heterocycles. The summed E-state index contributed by atoms with van der Waals surface area (Å²) in [6.45, 7) is 4.22. The standard InChI is InChI=1S/C15H20N2O3S.H2O/c1-15(2)13(14(19)20)17-12(21-15)9-16-11(18)8-10-6-4-3-5-7-10;/h3-7,12-13,17H,8-9H2,1-2H3,(H,16,18)(H,19,20);1H2/t12-,13+;/m1./s1. The molecule has 2 rings (SSSR count). The lowest BCUT2D eigenvalue weighted by atomic mass is 10.0. The third kappa shape index (κ3) is 4.72. The number of carboxylic acids is 1. The number of amides is 1. The van der Waals surface area contributed by atoms with Crippen molar-refractivity contribution in [2.75, 3.05) is 6.54 Å². The average molecular weight is 326 g/mol. The first-order valence-electron chi connectivity index (χ1n) is 6.86. The Morgan fingerprint density at radius 2 is 1.95 bits per heavy atom. The first-order valence-corrected chi connectivity index (χ1v) is 7.74. The van der Waals surface area contributed by atoms with Gasteiger partial charge in [-0.1, -0.05) is 30.3 Å². The van der Waals surface area contributed by atoms with Crippen LogP contribution < -0.4 is 10.6 Å². The van der Waals surface area contributed by atoms with E-state index in [1.165, 1.54) is 0 Å². The van der Waals surface area contributed by atoms with Crippen molar-refractivity contribution in [3.63, 3.8) is 0 Å². The molecule has 1 aliphatic heterocycles. The molecule has 5 N–H and O–H groups in total. The maximum absolute atomic E-state index is 11.9. The van der Waals surface area contributed by atoms with Crippen molar-refractivity contribution in [2.45, 2.75) is 36.4 Å². The quantitative estimate of drug-likeness (QED) is 0.726. The fourth-order valence-corrected chi connectivity index (χ4v) is 3.78. The van der Waals surface area contributed by atoms with E-state index in [1.54, 1.807) is 11.8 Å². The summed E-state index contributed by atoms with van der Waals surface area (Å²) in [6, 6.07) is 8.93. The van der Waals surface area contributed by atoms with Crippen LogP contribution in [-0.2, 0) is 16.0 Å². The Morgan fingerprint density at radius 3 is 2.50 bits per heavy atom. The molecule has 1 fully saturated rings. The summed E-state index contributed by atoms with van der Waals surface area (Å²) in [5.41, 5.74) is 0.964. The second kappa shape index (κ2) is 7.62. The summed E-state index contributed by atoms with van der Waals surface area (Å²) in [5, 5.41) is 15.0. The summed E-state index contributed by atoms with van der Waals surface area (Å²) >= 11 is 1.55. The summed E-state index contributed by atoms with van der Waals surface area (Å²) in [5.74, 6) is -0.911. The van der Waals surface area contributed by atoms with Crippen molar-refractivity contribution in [3.8, 4) is 0 Å². The topological polar surface area (TPSA) is 110 Å². The Kier molecular flexibility index (Phi) is 6.40. The third-order valence-electron chi connectivity index (χ3n) is 3.43. The van der Waals surface area contributed by atoms with Gasteiger partial charge < -0.3 is 15.9 Å². The first-order chi connectivity index (χ1) is 9.88. The van der Waals surface area contributed by atoms with Crippen LogP contribution in [0, 0.1) is 0 Å². The Labute approximate surface area is 134 Å². The zero-order chi connectivity index (χ0) is 15.5. The number of carboxylic acid groups (broad SMARTS) is 1. The van der Waals surface area contributed by atoms with Crippen molar-refractivity contribution < 1.29 is 20.2 Å². The fourth-order valence-electron chi connectivity index (χ4n) is 2.37. The highest BCUT2D eigenvalue weighted by atomic mass is 32.2. The molecule has 122 valence electrons. The molecule has 1 aromatic carbocycles. The zero-order valence-electron chi connectivity index (χ0n) is 12.6. The van der Waals surface area contributed by atoms with E-state index >= 15 is 0 Å². The molecule has 0 aliphatic carbocycles. The van der Waals surface area contributed by atoms with Crippen LogP contribution in [0.3, 0.4) is 0 Å². The van der Waals surface area contributed by atoms with Crippen molar-refractivity contribution in [1.82, 2.24) is 10.6 Å². The smallest absolute Gasteiger partial charge is 0.322 e. The second-order valence-corrected chi connectivity index (χ2v) is 7.47. The van der Waals surface area contributed by atoms with Gasteiger partial charge in [-0.25, -0.2) is 0 Å². The summed E-state index contributed by atoms with van der Waals surface area (Å²) in [7, 11) is 0. The molecule has 22 heavy (non-hydrogen) atoms. The Morgan fingerprint density at radius 1 is 1.32 bits per heavy atom. The second-order valence-electron chi connectivity index (χ2n) is 5.61. The third-order valence-corrected chi connectivity index (χ3v) is 4.86. The number of hydrogen-bond acceptors (Lipinski definition) is 4. The van der Waals surface area contributed by atoms with Crippen LogP contribution in [0.2, 0.25) is 0 Å². The van der Waals surface area contributed by atoms with Gasteiger partial charge in [0.15, 0.2) is 0 Å². The van der Waals surface area contributed by atoms with E-state index in [0.29, 0.717) is 13.0 Å². The number of benzene rings is 1. The van der Waals surface area contributed by atoms with E-state index in [4.69, 9.17) is 0 Å². The highest BCUT2D eigenvalue weighted by molar-refractivity contribution is 8.01. The van der Waals surface area contributed by atoms with Crippen molar-refractivity contribution in [2.24, 2.45) is 0 Å². The lowest BCUT2D eigenvalue weighted by Crippen LogP contribution is -2.46. The minimum absolute atomic E-state index is 0. The van der Waals surface area contributed by atoms with E-state index in [0.717, 1.165) is 5.56 Å². The molecule has 7 heteroatoms. The summed E-state index contributed by atoms with van der Waals surface area (Å²) in [6.07, 6.45) is 0.337. The summed E-state index contributed by atoms with van der Waals surface area (Å²) < 4.78 is -0.388. The molecular formula is C15H22N2O4S. The number of thioether (sulfide) groups is 1.